The smallest absolute Gasteiger partial charge is 0.416 e. The summed E-state index contributed by atoms with van der Waals surface area (Å²) in [7, 11) is 0. The molecule has 9 heteroatoms. The number of carbonyl (C=O) groups is 2. The molecule has 166 valence electrons. The summed E-state index contributed by atoms with van der Waals surface area (Å²) in [6.45, 7) is 0.457. The van der Waals surface area contributed by atoms with E-state index >= 15 is 0 Å². The lowest BCUT2D eigenvalue weighted by Gasteiger charge is -2.25. The van der Waals surface area contributed by atoms with Crippen molar-refractivity contribution in [1.29, 1.82) is 0 Å². The summed E-state index contributed by atoms with van der Waals surface area (Å²) in [6, 6.07) is 11.1. The third-order valence-electron chi connectivity index (χ3n) is 5.35. The molecule has 1 aliphatic rings. The number of halogens is 3. The Balaban J connectivity index is 1.67. The van der Waals surface area contributed by atoms with Gasteiger partial charge in [0, 0.05) is 25.6 Å². The molecular formula is C23H19F3N2O4. The molecule has 0 spiro atoms. The van der Waals surface area contributed by atoms with Crippen molar-refractivity contribution in [2.45, 2.75) is 25.1 Å². The molecule has 0 unspecified atom stereocenters. The summed E-state index contributed by atoms with van der Waals surface area (Å²) in [5.41, 5.74) is -0.868. The molecule has 3 aromatic rings. The minimum atomic E-state index is -4.56. The topological polar surface area (TPSA) is 79.6 Å². The van der Waals surface area contributed by atoms with Gasteiger partial charge >= 0.3 is 6.18 Å². The molecule has 32 heavy (non-hydrogen) atoms. The minimum absolute atomic E-state index is 0.00367. The predicted octanol–water partition coefficient (Wildman–Crippen LogP) is 3.91. The van der Waals surface area contributed by atoms with Gasteiger partial charge in [-0.3, -0.25) is 14.4 Å². The van der Waals surface area contributed by atoms with Crippen LogP contribution in [0.15, 0.2) is 63.8 Å². The van der Waals surface area contributed by atoms with Crippen LogP contribution in [0.1, 0.15) is 40.6 Å². The SMILES string of the molecule is O=C(N[C@H](CN1CCCC1=O)c1cccc(C(F)(F)F)c1)c1cc(=O)c2ccccc2o1. The molecule has 1 N–H and O–H groups in total. The highest BCUT2D eigenvalue weighted by Gasteiger charge is 2.32. The highest BCUT2D eigenvalue weighted by Crippen LogP contribution is 2.31. The van der Waals surface area contributed by atoms with E-state index in [1.807, 2.05) is 0 Å². The molecule has 4 rings (SSSR count). The van der Waals surface area contributed by atoms with E-state index in [2.05, 4.69) is 5.32 Å². The van der Waals surface area contributed by atoms with Gasteiger partial charge in [-0.05, 0) is 36.2 Å². The second-order valence-electron chi connectivity index (χ2n) is 7.56. The molecule has 2 aromatic carbocycles. The van der Waals surface area contributed by atoms with Gasteiger partial charge in [-0.2, -0.15) is 13.2 Å². The second-order valence-corrected chi connectivity index (χ2v) is 7.56. The fourth-order valence-electron chi connectivity index (χ4n) is 3.73. The number of nitrogens with one attached hydrogen (secondary N) is 1. The van der Waals surface area contributed by atoms with Gasteiger partial charge in [-0.15, -0.1) is 0 Å². The Bertz CT molecular complexity index is 1240. The Morgan fingerprint density at radius 3 is 2.59 bits per heavy atom. The molecule has 1 aliphatic heterocycles. The van der Waals surface area contributed by atoms with Gasteiger partial charge in [0.2, 0.25) is 5.91 Å². The number of benzene rings is 2. The van der Waals surface area contributed by atoms with Crippen LogP contribution in [-0.4, -0.2) is 29.8 Å². The maximum atomic E-state index is 13.2. The summed E-state index contributed by atoms with van der Waals surface area (Å²) in [5, 5.41) is 2.94. The molecule has 1 fully saturated rings. The van der Waals surface area contributed by atoms with Crippen LogP contribution in [0, 0.1) is 0 Å². The highest BCUT2D eigenvalue weighted by atomic mass is 19.4. The largest absolute Gasteiger partial charge is 0.451 e. The summed E-state index contributed by atoms with van der Waals surface area (Å²) in [4.78, 5) is 38.8. The van der Waals surface area contributed by atoms with E-state index in [1.165, 1.54) is 17.0 Å². The molecule has 0 radical (unpaired) electrons. The van der Waals surface area contributed by atoms with E-state index in [9.17, 15) is 27.6 Å². The Labute approximate surface area is 180 Å². The summed E-state index contributed by atoms with van der Waals surface area (Å²) in [5.74, 6) is -1.16. The van der Waals surface area contributed by atoms with Gasteiger partial charge in [0.15, 0.2) is 11.2 Å². The van der Waals surface area contributed by atoms with Crippen LogP contribution in [0.4, 0.5) is 13.2 Å². The zero-order valence-electron chi connectivity index (χ0n) is 16.8. The number of fused-ring (bicyclic) bond motifs is 1. The molecule has 1 aromatic heterocycles. The molecule has 0 saturated carbocycles. The average molecular weight is 444 g/mol. The van der Waals surface area contributed by atoms with Gasteiger partial charge in [0.25, 0.3) is 5.91 Å². The molecule has 2 amide bonds. The molecule has 1 atom stereocenters. The summed E-state index contributed by atoms with van der Waals surface area (Å²) < 4.78 is 45.2. The van der Waals surface area contributed by atoms with Crippen molar-refractivity contribution in [1.82, 2.24) is 10.2 Å². The zero-order chi connectivity index (χ0) is 22.9. The number of para-hydroxylation sites is 1. The first kappa shape index (κ1) is 21.6. The standard InChI is InChI=1S/C23H19F3N2O4/c24-23(25,26)15-6-3-5-14(11-15)17(13-28-10-4-9-21(28)30)27-22(31)20-12-18(29)16-7-1-2-8-19(16)32-20/h1-3,5-8,11-12,17H,4,9-10,13H2,(H,27,31)/t17-/m1/s1. The predicted molar refractivity (Wildman–Crippen MR) is 110 cm³/mol. The monoisotopic (exact) mass is 444 g/mol. The first-order chi connectivity index (χ1) is 15.2. The van der Waals surface area contributed by atoms with Crippen molar-refractivity contribution < 1.29 is 27.2 Å². The lowest BCUT2D eigenvalue weighted by Crippen LogP contribution is -2.39. The Kier molecular flexibility index (Phi) is 5.73. The van der Waals surface area contributed by atoms with Gasteiger partial charge in [-0.25, -0.2) is 0 Å². The number of likely N-dealkylation sites (tertiary alicyclic amines) is 1. The third kappa shape index (κ3) is 4.51. The molecule has 0 bridgehead atoms. The number of nitrogens with zero attached hydrogens (tertiary/aromatic N) is 1. The number of hydrogen-bond acceptors (Lipinski definition) is 4. The Hall–Kier alpha value is -3.62. The first-order valence-corrected chi connectivity index (χ1v) is 10.0. The molecule has 2 heterocycles. The minimum Gasteiger partial charge on any atom is -0.451 e. The number of hydrogen-bond donors (Lipinski definition) is 1. The van der Waals surface area contributed by atoms with Gasteiger partial charge < -0.3 is 14.6 Å². The fraction of sp³-hybridized carbons (Fsp3) is 0.261. The van der Waals surface area contributed by atoms with Crippen LogP contribution in [0.5, 0.6) is 0 Å². The average Bonchev–Trinajstić information content (AvgIpc) is 3.17. The van der Waals surface area contributed by atoms with Crippen molar-refractivity contribution in [2.75, 3.05) is 13.1 Å². The molecule has 6 nitrogen and oxygen atoms in total. The third-order valence-corrected chi connectivity index (χ3v) is 5.35. The number of amides is 2. The Morgan fingerprint density at radius 1 is 1.09 bits per heavy atom. The van der Waals surface area contributed by atoms with Crippen molar-refractivity contribution in [3.05, 3.63) is 81.7 Å². The van der Waals surface area contributed by atoms with Gasteiger partial charge in [0.1, 0.15) is 5.58 Å². The number of alkyl halides is 3. The summed E-state index contributed by atoms with van der Waals surface area (Å²) in [6.07, 6.45) is -3.57. The van der Waals surface area contributed by atoms with E-state index in [0.29, 0.717) is 24.8 Å². The van der Waals surface area contributed by atoms with E-state index in [0.717, 1.165) is 18.2 Å². The van der Waals surface area contributed by atoms with Crippen LogP contribution in [0.3, 0.4) is 0 Å². The van der Waals surface area contributed by atoms with Crippen LogP contribution in [0.25, 0.3) is 11.0 Å². The number of carbonyl (C=O) groups excluding carboxylic acids is 2. The van der Waals surface area contributed by atoms with Crippen molar-refractivity contribution in [3.63, 3.8) is 0 Å². The zero-order valence-corrected chi connectivity index (χ0v) is 16.8. The van der Waals surface area contributed by atoms with Crippen molar-refractivity contribution in [3.8, 4) is 0 Å². The fourth-order valence-corrected chi connectivity index (χ4v) is 3.73. The molecule has 1 saturated heterocycles. The quantitative estimate of drug-likeness (QED) is 0.647. The van der Waals surface area contributed by atoms with E-state index < -0.39 is 29.1 Å². The van der Waals surface area contributed by atoms with Crippen LogP contribution in [-0.2, 0) is 11.0 Å². The van der Waals surface area contributed by atoms with Gasteiger partial charge in [-0.1, -0.05) is 24.3 Å². The van der Waals surface area contributed by atoms with E-state index in [4.69, 9.17) is 4.42 Å². The maximum Gasteiger partial charge on any atom is 0.416 e. The lowest BCUT2D eigenvalue weighted by atomic mass is 10.0. The second kappa shape index (κ2) is 8.49. The Morgan fingerprint density at radius 2 is 1.88 bits per heavy atom. The van der Waals surface area contributed by atoms with Crippen molar-refractivity contribution in [2.24, 2.45) is 0 Å². The molecular weight excluding hydrogens is 425 g/mol. The van der Waals surface area contributed by atoms with E-state index in [1.54, 1.807) is 24.3 Å². The molecule has 0 aliphatic carbocycles. The van der Waals surface area contributed by atoms with Crippen LogP contribution in [0.2, 0.25) is 0 Å². The van der Waals surface area contributed by atoms with Crippen molar-refractivity contribution >= 4 is 22.8 Å². The van der Waals surface area contributed by atoms with E-state index in [-0.39, 0.29) is 29.4 Å². The lowest BCUT2D eigenvalue weighted by molar-refractivity contribution is -0.137. The highest BCUT2D eigenvalue weighted by molar-refractivity contribution is 5.93. The normalized spacial score (nSPS) is 15.2. The van der Waals surface area contributed by atoms with Crippen LogP contribution >= 0.6 is 0 Å². The summed E-state index contributed by atoms with van der Waals surface area (Å²) >= 11 is 0. The maximum absolute atomic E-state index is 13.2. The first-order valence-electron chi connectivity index (χ1n) is 10.0. The van der Waals surface area contributed by atoms with Crippen LogP contribution < -0.4 is 10.7 Å². The number of rotatable bonds is 5. The van der Waals surface area contributed by atoms with Gasteiger partial charge in [0.05, 0.1) is 17.0 Å².